The molecule has 1 saturated carbocycles. The van der Waals surface area contributed by atoms with E-state index in [1.165, 1.54) is 36.2 Å². The van der Waals surface area contributed by atoms with E-state index in [1.807, 2.05) is 6.20 Å². The molecule has 0 atom stereocenters. The SMILES string of the molecule is Cc1ccc(CN(CCn2cnc(-c3cc(C(=O)O)ccn3)c2)CC2CC2)cc1. The van der Waals surface area contributed by atoms with Gasteiger partial charge in [-0.2, -0.15) is 0 Å². The molecule has 0 radical (unpaired) electrons. The van der Waals surface area contributed by atoms with Crippen LogP contribution in [0.4, 0.5) is 0 Å². The Kier molecular flexibility index (Phi) is 5.71. The first-order chi connectivity index (χ1) is 14.1. The minimum absolute atomic E-state index is 0.221. The van der Waals surface area contributed by atoms with Gasteiger partial charge in [-0.25, -0.2) is 9.78 Å². The fourth-order valence-electron chi connectivity index (χ4n) is 3.43. The molecule has 0 unspecified atom stereocenters. The van der Waals surface area contributed by atoms with Gasteiger partial charge in [-0.05, 0) is 43.4 Å². The second kappa shape index (κ2) is 8.57. The Morgan fingerprint density at radius 3 is 2.69 bits per heavy atom. The Bertz CT molecular complexity index is 977. The number of benzene rings is 1. The first-order valence-electron chi connectivity index (χ1n) is 10.1. The summed E-state index contributed by atoms with van der Waals surface area (Å²) in [6, 6.07) is 11.8. The molecule has 0 aliphatic heterocycles. The van der Waals surface area contributed by atoms with Crippen LogP contribution in [0, 0.1) is 12.8 Å². The van der Waals surface area contributed by atoms with Crippen LogP contribution < -0.4 is 0 Å². The molecule has 0 bridgehead atoms. The minimum Gasteiger partial charge on any atom is -0.478 e. The van der Waals surface area contributed by atoms with Crippen molar-refractivity contribution < 1.29 is 9.90 Å². The molecule has 1 fully saturated rings. The van der Waals surface area contributed by atoms with E-state index in [-0.39, 0.29) is 5.56 Å². The zero-order chi connectivity index (χ0) is 20.2. The Balaban J connectivity index is 1.40. The first-order valence-corrected chi connectivity index (χ1v) is 10.1. The summed E-state index contributed by atoms with van der Waals surface area (Å²) in [5, 5.41) is 9.16. The van der Waals surface area contributed by atoms with Crippen LogP contribution in [0.5, 0.6) is 0 Å². The largest absolute Gasteiger partial charge is 0.478 e. The highest BCUT2D eigenvalue weighted by molar-refractivity contribution is 5.88. The van der Waals surface area contributed by atoms with Crippen LogP contribution >= 0.6 is 0 Å². The molecule has 150 valence electrons. The lowest BCUT2D eigenvalue weighted by molar-refractivity contribution is 0.0697. The first kappa shape index (κ1) is 19.3. The molecule has 6 nitrogen and oxygen atoms in total. The normalized spacial score (nSPS) is 13.7. The number of nitrogens with zero attached hydrogens (tertiary/aromatic N) is 4. The average molecular weight is 390 g/mol. The van der Waals surface area contributed by atoms with E-state index in [0.717, 1.165) is 32.1 Å². The summed E-state index contributed by atoms with van der Waals surface area (Å²) in [5.41, 5.74) is 4.13. The van der Waals surface area contributed by atoms with Gasteiger partial charge in [-0.15, -0.1) is 0 Å². The second-order valence-corrected chi connectivity index (χ2v) is 7.90. The van der Waals surface area contributed by atoms with Crippen molar-refractivity contribution in [3.63, 3.8) is 0 Å². The van der Waals surface area contributed by atoms with Gasteiger partial charge in [0, 0.05) is 38.6 Å². The molecule has 6 heteroatoms. The summed E-state index contributed by atoms with van der Waals surface area (Å²) in [7, 11) is 0. The van der Waals surface area contributed by atoms with Gasteiger partial charge in [-0.1, -0.05) is 29.8 Å². The van der Waals surface area contributed by atoms with E-state index in [2.05, 4.69) is 50.6 Å². The smallest absolute Gasteiger partial charge is 0.335 e. The molecule has 0 amide bonds. The van der Waals surface area contributed by atoms with Crippen molar-refractivity contribution in [3.8, 4) is 11.4 Å². The Hall–Kier alpha value is -2.99. The number of imidazole rings is 1. The van der Waals surface area contributed by atoms with Crippen molar-refractivity contribution in [2.24, 2.45) is 5.92 Å². The molecule has 0 spiro atoms. The maximum Gasteiger partial charge on any atom is 0.335 e. The number of aromatic carboxylic acids is 1. The maximum atomic E-state index is 11.2. The van der Waals surface area contributed by atoms with Gasteiger partial charge < -0.3 is 9.67 Å². The average Bonchev–Trinajstić information content (AvgIpc) is 3.41. The third kappa shape index (κ3) is 5.29. The molecule has 4 rings (SSSR count). The van der Waals surface area contributed by atoms with Crippen LogP contribution in [0.2, 0.25) is 0 Å². The van der Waals surface area contributed by atoms with Gasteiger partial charge >= 0.3 is 5.97 Å². The van der Waals surface area contributed by atoms with E-state index >= 15 is 0 Å². The lowest BCUT2D eigenvalue weighted by atomic mass is 10.1. The topological polar surface area (TPSA) is 71.2 Å². The zero-order valence-corrected chi connectivity index (χ0v) is 16.7. The van der Waals surface area contributed by atoms with Gasteiger partial charge in [0.1, 0.15) is 5.69 Å². The van der Waals surface area contributed by atoms with Crippen LogP contribution in [0.1, 0.15) is 34.3 Å². The van der Waals surface area contributed by atoms with Gasteiger partial charge in [-0.3, -0.25) is 9.88 Å². The summed E-state index contributed by atoms with van der Waals surface area (Å²) >= 11 is 0. The third-order valence-electron chi connectivity index (χ3n) is 5.32. The van der Waals surface area contributed by atoms with Crippen LogP contribution in [-0.4, -0.2) is 43.6 Å². The van der Waals surface area contributed by atoms with E-state index < -0.39 is 5.97 Å². The van der Waals surface area contributed by atoms with Crippen molar-refractivity contribution in [2.45, 2.75) is 32.9 Å². The van der Waals surface area contributed by atoms with Crippen molar-refractivity contribution in [3.05, 3.63) is 71.8 Å². The number of carboxylic acids is 1. The molecule has 0 saturated heterocycles. The predicted molar refractivity (Wildman–Crippen MR) is 112 cm³/mol. The summed E-state index contributed by atoms with van der Waals surface area (Å²) in [6.45, 7) is 5.99. The predicted octanol–water partition coefficient (Wildman–Crippen LogP) is 3.86. The standard InChI is InChI=1S/C23H26N4O2/c1-17-2-4-18(5-3-17)13-26(14-19-6-7-19)10-11-27-15-22(25-16-27)21-12-20(23(28)29)8-9-24-21/h2-5,8-9,12,15-16,19H,6-7,10-11,13-14H2,1H3,(H,28,29). The Morgan fingerprint density at radius 2 is 1.97 bits per heavy atom. The highest BCUT2D eigenvalue weighted by Gasteiger charge is 2.24. The second-order valence-electron chi connectivity index (χ2n) is 7.90. The summed E-state index contributed by atoms with van der Waals surface area (Å²) < 4.78 is 2.06. The third-order valence-corrected chi connectivity index (χ3v) is 5.32. The Morgan fingerprint density at radius 1 is 1.17 bits per heavy atom. The van der Waals surface area contributed by atoms with Gasteiger partial charge in [0.05, 0.1) is 17.6 Å². The van der Waals surface area contributed by atoms with E-state index in [0.29, 0.717) is 11.4 Å². The zero-order valence-electron chi connectivity index (χ0n) is 16.7. The molecule has 3 aromatic rings. The molecule has 2 heterocycles. The number of rotatable bonds is 9. The van der Waals surface area contributed by atoms with E-state index in [1.54, 1.807) is 12.4 Å². The highest BCUT2D eigenvalue weighted by Crippen LogP contribution is 2.30. The number of aromatic nitrogens is 3. The maximum absolute atomic E-state index is 11.2. The number of carbonyl (C=O) groups is 1. The summed E-state index contributed by atoms with van der Waals surface area (Å²) in [4.78, 5) is 22.4. The lowest BCUT2D eigenvalue weighted by Gasteiger charge is -2.22. The van der Waals surface area contributed by atoms with Crippen molar-refractivity contribution in [1.82, 2.24) is 19.4 Å². The molecule has 2 aromatic heterocycles. The van der Waals surface area contributed by atoms with Gasteiger partial charge in [0.15, 0.2) is 0 Å². The number of pyridine rings is 1. The number of hydrogen-bond acceptors (Lipinski definition) is 4. The minimum atomic E-state index is -0.958. The van der Waals surface area contributed by atoms with Crippen molar-refractivity contribution in [1.29, 1.82) is 0 Å². The van der Waals surface area contributed by atoms with Crippen molar-refractivity contribution in [2.75, 3.05) is 13.1 Å². The molecule has 1 N–H and O–H groups in total. The fourth-order valence-corrected chi connectivity index (χ4v) is 3.43. The van der Waals surface area contributed by atoms with E-state index in [4.69, 9.17) is 5.11 Å². The fraction of sp³-hybridized carbons (Fsp3) is 0.348. The molecular formula is C23H26N4O2. The summed E-state index contributed by atoms with van der Waals surface area (Å²) in [6.07, 6.45) is 7.92. The summed E-state index contributed by atoms with van der Waals surface area (Å²) in [5.74, 6) is -0.123. The highest BCUT2D eigenvalue weighted by atomic mass is 16.4. The van der Waals surface area contributed by atoms with Crippen molar-refractivity contribution >= 4 is 5.97 Å². The van der Waals surface area contributed by atoms with Gasteiger partial charge in [0.25, 0.3) is 0 Å². The molecule has 1 aliphatic rings. The van der Waals surface area contributed by atoms with Crippen LogP contribution in [0.3, 0.4) is 0 Å². The molecular weight excluding hydrogens is 364 g/mol. The van der Waals surface area contributed by atoms with Crippen LogP contribution in [0.25, 0.3) is 11.4 Å². The van der Waals surface area contributed by atoms with Gasteiger partial charge in [0.2, 0.25) is 0 Å². The Labute approximate surface area is 170 Å². The molecule has 1 aliphatic carbocycles. The number of carboxylic acid groups (broad SMARTS) is 1. The quantitative estimate of drug-likeness (QED) is 0.601. The molecule has 1 aromatic carbocycles. The number of aryl methyl sites for hydroxylation is 1. The van der Waals surface area contributed by atoms with E-state index in [9.17, 15) is 4.79 Å². The molecule has 29 heavy (non-hydrogen) atoms. The lowest BCUT2D eigenvalue weighted by Crippen LogP contribution is -2.29. The van der Waals surface area contributed by atoms with Crippen LogP contribution in [0.15, 0.2) is 55.1 Å². The monoisotopic (exact) mass is 390 g/mol. The number of hydrogen-bond donors (Lipinski definition) is 1. The van der Waals surface area contributed by atoms with Crippen LogP contribution in [-0.2, 0) is 13.1 Å².